The normalized spacial score (nSPS) is 12.4. The van der Waals surface area contributed by atoms with E-state index in [0.717, 1.165) is 39.4 Å². The predicted molar refractivity (Wildman–Crippen MR) is 315 cm³/mol. The molecular formula is C73H50N2. The van der Waals surface area contributed by atoms with Crippen molar-refractivity contribution in [1.29, 1.82) is 0 Å². The number of benzene rings is 12. The number of fused-ring (bicyclic) bond motifs is 6. The Balaban J connectivity index is 0.979. The average Bonchev–Trinajstić information content (AvgIpc) is 3.99. The van der Waals surface area contributed by atoms with Crippen LogP contribution in [0.1, 0.15) is 22.3 Å². The topological polar surface area (TPSA) is 8.17 Å². The largest absolute Gasteiger partial charge is 0.310 e. The highest BCUT2D eigenvalue weighted by Gasteiger charge is 2.46. The quantitative estimate of drug-likeness (QED) is 0.133. The lowest BCUT2D eigenvalue weighted by molar-refractivity contribution is 0.768. The van der Waals surface area contributed by atoms with Crippen molar-refractivity contribution in [2.75, 3.05) is 4.90 Å². The summed E-state index contributed by atoms with van der Waals surface area (Å²) in [5, 5.41) is 2.49. The van der Waals surface area contributed by atoms with Crippen LogP contribution in [-0.4, -0.2) is 4.57 Å². The third kappa shape index (κ3) is 7.33. The van der Waals surface area contributed by atoms with E-state index in [9.17, 15) is 0 Å². The van der Waals surface area contributed by atoms with E-state index in [-0.39, 0.29) is 0 Å². The first-order valence-electron chi connectivity index (χ1n) is 25.9. The summed E-state index contributed by atoms with van der Waals surface area (Å²) in [6.07, 6.45) is 0. The van der Waals surface area contributed by atoms with E-state index in [4.69, 9.17) is 0 Å². The van der Waals surface area contributed by atoms with Gasteiger partial charge in [-0.1, -0.05) is 243 Å². The van der Waals surface area contributed by atoms with Crippen LogP contribution in [0.3, 0.4) is 0 Å². The van der Waals surface area contributed by atoms with Gasteiger partial charge in [0.15, 0.2) is 0 Å². The Hall–Kier alpha value is -9.76. The maximum absolute atomic E-state index is 2.48. The molecule has 12 aromatic carbocycles. The van der Waals surface area contributed by atoms with Crippen molar-refractivity contribution < 1.29 is 0 Å². The van der Waals surface area contributed by atoms with Crippen molar-refractivity contribution in [3.63, 3.8) is 0 Å². The minimum absolute atomic E-state index is 0.554. The molecule has 14 rings (SSSR count). The number of nitrogens with zero attached hydrogens (tertiary/aromatic N) is 2. The fraction of sp³-hybridized carbons (Fsp3) is 0.0137. The Kier molecular flexibility index (Phi) is 10.8. The molecule has 2 heteroatoms. The van der Waals surface area contributed by atoms with Crippen LogP contribution in [0.2, 0.25) is 0 Å². The summed E-state index contributed by atoms with van der Waals surface area (Å²) in [6.45, 7) is 0. The first kappa shape index (κ1) is 44.0. The second kappa shape index (κ2) is 18.4. The molecule has 0 amide bonds. The van der Waals surface area contributed by atoms with E-state index in [2.05, 4.69) is 313 Å². The molecule has 1 aliphatic rings. The first-order valence-corrected chi connectivity index (χ1v) is 25.9. The molecule has 1 aromatic heterocycles. The van der Waals surface area contributed by atoms with Gasteiger partial charge in [-0.15, -0.1) is 0 Å². The number of anilines is 3. The molecule has 1 aliphatic carbocycles. The Morgan fingerprint density at radius 3 is 1.43 bits per heavy atom. The van der Waals surface area contributed by atoms with Crippen LogP contribution in [0.15, 0.2) is 303 Å². The van der Waals surface area contributed by atoms with Crippen LogP contribution in [0, 0.1) is 0 Å². The van der Waals surface area contributed by atoms with E-state index in [0.29, 0.717) is 0 Å². The van der Waals surface area contributed by atoms with Crippen LogP contribution >= 0.6 is 0 Å². The summed E-state index contributed by atoms with van der Waals surface area (Å²) >= 11 is 0. The van der Waals surface area contributed by atoms with Gasteiger partial charge in [0.2, 0.25) is 0 Å². The van der Waals surface area contributed by atoms with Gasteiger partial charge in [-0.3, -0.25) is 0 Å². The van der Waals surface area contributed by atoms with Gasteiger partial charge in [-0.25, -0.2) is 0 Å². The van der Waals surface area contributed by atoms with E-state index in [1.165, 1.54) is 83.0 Å². The van der Waals surface area contributed by atoms with Gasteiger partial charge < -0.3 is 9.47 Å². The van der Waals surface area contributed by atoms with E-state index in [1.807, 2.05) is 0 Å². The van der Waals surface area contributed by atoms with Crippen LogP contribution < -0.4 is 4.90 Å². The average molecular weight is 955 g/mol. The SMILES string of the molecule is c1ccc(-c2ccc(N(c3ccc4c(c3)C(c3ccccc3)(c3ccccc3)c3ccccc3-4)c3ccc(-c4ccccc4-c4ccc5c6ccccc6n(-c6ccccc6)c5c4)cc3-c3ccccc3)cc2)cc1. The number of hydrogen-bond donors (Lipinski definition) is 0. The fourth-order valence-corrected chi connectivity index (χ4v) is 12.2. The number of rotatable bonds is 10. The van der Waals surface area contributed by atoms with Gasteiger partial charge in [-0.05, 0) is 133 Å². The maximum Gasteiger partial charge on any atom is 0.0714 e. The van der Waals surface area contributed by atoms with Crippen LogP contribution in [0.4, 0.5) is 17.1 Å². The highest BCUT2D eigenvalue weighted by Crippen LogP contribution is 2.57. The van der Waals surface area contributed by atoms with Crippen molar-refractivity contribution in [2.45, 2.75) is 5.41 Å². The summed E-state index contributed by atoms with van der Waals surface area (Å²) in [7, 11) is 0. The van der Waals surface area contributed by atoms with Crippen molar-refractivity contribution in [1.82, 2.24) is 4.57 Å². The minimum atomic E-state index is -0.554. The second-order valence-electron chi connectivity index (χ2n) is 19.6. The van der Waals surface area contributed by atoms with Gasteiger partial charge in [-0.2, -0.15) is 0 Å². The highest BCUT2D eigenvalue weighted by molar-refractivity contribution is 6.10. The van der Waals surface area contributed by atoms with Crippen LogP contribution in [0.5, 0.6) is 0 Å². The predicted octanol–water partition coefficient (Wildman–Crippen LogP) is 19.3. The zero-order valence-corrected chi connectivity index (χ0v) is 41.3. The zero-order valence-electron chi connectivity index (χ0n) is 41.3. The molecule has 0 unspecified atom stereocenters. The molecule has 0 aliphatic heterocycles. The van der Waals surface area contributed by atoms with Gasteiger partial charge in [0.05, 0.1) is 22.1 Å². The molecule has 0 atom stereocenters. The van der Waals surface area contributed by atoms with Crippen molar-refractivity contribution >= 4 is 38.9 Å². The van der Waals surface area contributed by atoms with Crippen LogP contribution in [-0.2, 0) is 5.41 Å². The lowest BCUT2D eigenvalue weighted by Crippen LogP contribution is -2.28. The Morgan fingerprint density at radius 2 is 0.747 bits per heavy atom. The monoisotopic (exact) mass is 954 g/mol. The van der Waals surface area contributed by atoms with Gasteiger partial charge in [0, 0.05) is 33.4 Å². The summed E-state index contributed by atoms with van der Waals surface area (Å²) in [5.74, 6) is 0. The number of hydrogen-bond acceptors (Lipinski definition) is 1. The lowest BCUT2D eigenvalue weighted by Gasteiger charge is -2.35. The molecule has 0 saturated heterocycles. The molecule has 0 N–H and O–H groups in total. The molecular weight excluding hydrogens is 905 g/mol. The smallest absolute Gasteiger partial charge is 0.0714 e. The molecule has 0 bridgehead atoms. The molecule has 13 aromatic rings. The molecule has 75 heavy (non-hydrogen) atoms. The van der Waals surface area contributed by atoms with Crippen LogP contribution in [0.25, 0.3) is 83.1 Å². The van der Waals surface area contributed by atoms with E-state index >= 15 is 0 Å². The second-order valence-corrected chi connectivity index (χ2v) is 19.6. The Morgan fingerprint density at radius 1 is 0.267 bits per heavy atom. The van der Waals surface area contributed by atoms with Gasteiger partial charge in [0.1, 0.15) is 0 Å². The van der Waals surface area contributed by atoms with Crippen molar-refractivity contribution in [2.24, 2.45) is 0 Å². The van der Waals surface area contributed by atoms with E-state index in [1.54, 1.807) is 0 Å². The Labute approximate surface area is 438 Å². The Bertz CT molecular complexity index is 4160. The van der Waals surface area contributed by atoms with Gasteiger partial charge in [0.25, 0.3) is 0 Å². The molecule has 2 nitrogen and oxygen atoms in total. The molecule has 0 fully saturated rings. The van der Waals surface area contributed by atoms with Crippen molar-refractivity contribution in [3.8, 4) is 61.3 Å². The first-order chi connectivity index (χ1) is 37.2. The lowest BCUT2D eigenvalue weighted by atomic mass is 9.67. The highest BCUT2D eigenvalue weighted by atomic mass is 15.1. The molecule has 0 spiro atoms. The summed E-state index contributed by atoms with van der Waals surface area (Å²) in [4.78, 5) is 2.48. The fourth-order valence-electron chi connectivity index (χ4n) is 12.2. The van der Waals surface area contributed by atoms with E-state index < -0.39 is 5.41 Å². The summed E-state index contributed by atoms with van der Waals surface area (Å²) < 4.78 is 2.40. The maximum atomic E-state index is 2.48. The molecule has 352 valence electrons. The molecule has 0 saturated carbocycles. The molecule has 1 heterocycles. The number of para-hydroxylation sites is 2. The minimum Gasteiger partial charge on any atom is -0.310 e. The third-order valence-corrected chi connectivity index (χ3v) is 15.5. The summed E-state index contributed by atoms with van der Waals surface area (Å²) in [5.41, 5.74) is 23.1. The number of aromatic nitrogens is 1. The molecule has 0 radical (unpaired) electrons. The van der Waals surface area contributed by atoms with Gasteiger partial charge >= 0.3 is 0 Å². The third-order valence-electron chi connectivity index (χ3n) is 15.5. The zero-order chi connectivity index (χ0) is 49.7. The van der Waals surface area contributed by atoms with Crippen molar-refractivity contribution in [3.05, 3.63) is 326 Å². The summed E-state index contributed by atoms with van der Waals surface area (Å²) in [6, 6.07) is 111. The standard InChI is InChI=1S/C73H50N2/c1-6-22-51(23-7-1)52-38-42-59(43-39-52)74(60-44-46-64-63-34-18-20-36-68(63)73(69(64)50-60,56-26-10-3-11-27-56)57-28-12-4-13-29-57)71-47-41-54(48-67(71)53-24-8-2-9-25-53)61-32-16-17-33-62(61)55-40-45-66-65-35-19-21-37-70(65)75(72(66)49-55)58-30-14-5-15-31-58/h1-50H.